The fourth-order valence-electron chi connectivity index (χ4n) is 6.67. The second kappa shape index (κ2) is 16.2. The highest BCUT2D eigenvalue weighted by molar-refractivity contribution is 5.98. The number of unbranched alkanes of at least 4 members (excludes halogenated alkanes) is 2. The zero-order chi connectivity index (χ0) is 33.4. The van der Waals surface area contributed by atoms with E-state index in [-0.39, 0.29) is 36.9 Å². The molecule has 2 aromatic rings. The van der Waals surface area contributed by atoms with Crippen LogP contribution in [0.15, 0.2) is 30.5 Å². The molecular weight excluding hydrogens is 591 g/mol. The monoisotopic (exact) mass is 640 g/mol. The van der Waals surface area contributed by atoms with E-state index in [2.05, 4.69) is 10.6 Å². The van der Waals surface area contributed by atoms with E-state index in [0.717, 1.165) is 29.3 Å². The number of hydrogen-bond acceptors (Lipinski definition) is 6. The number of Topliss-reactive ketones (excluding diaryl/α,β-unsaturated/α-hetero) is 2. The maximum Gasteiger partial charge on any atom is 0.246 e. The number of piperidine rings is 1. The van der Waals surface area contributed by atoms with Gasteiger partial charge in [-0.2, -0.15) is 4.73 Å². The zero-order valence-electron chi connectivity index (χ0n) is 27.6. The summed E-state index contributed by atoms with van der Waals surface area (Å²) in [6.07, 6.45) is 5.25. The number of para-hydroxylation sites is 1. The molecule has 2 aliphatic rings. The highest BCUT2D eigenvalue weighted by atomic mass is 19.1. The van der Waals surface area contributed by atoms with Crippen LogP contribution in [0.1, 0.15) is 90.5 Å². The van der Waals surface area contributed by atoms with Crippen LogP contribution in [0.2, 0.25) is 0 Å². The minimum atomic E-state index is -1.50. The summed E-state index contributed by atoms with van der Waals surface area (Å²) in [4.78, 5) is 74.7. The number of nitrogens with one attached hydrogen (secondary N) is 2. The standard InChI is InChI=1S/C35H49FN4O6/c1-5-22(2)32-35(45)39-18-12-11-16-29(39)31(42)20-24(13-7-6-8-17-30(41)23(3)36)33(43)37-27(34(44)38-32)19-25-21-40(46-4)28-15-10-9-14-26(25)28/h9-10,14-15,21-24,27,29,32H,5-8,11-13,16-20H2,1-4H3,(H,37,43)(H,38,44)/t22?,23?,24-,27+,29-,32+/m1/s1. The SMILES string of the molecule is CCC(C)[C@@H]1NC(=O)[C@H](Cc2cn(OC)c3ccccc23)NC(=O)[C@H](CCCCCC(=O)C(C)F)CC(=O)[C@H]2CCCCN2C1=O. The molecule has 0 aliphatic carbocycles. The molecule has 2 unspecified atom stereocenters. The molecule has 3 heterocycles. The van der Waals surface area contributed by atoms with Crippen molar-refractivity contribution in [2.45, 2.75) is 116 Å². The fraction of sp³-hybridized carbons (Fsp3) is 0.629. The summed E-state index contributed by atoms with van der Waals surface area (Å²) in [7, 11) is 1.55. The largest absolute Gasteiger partial charge is 0.417 e. The van der Waals surface area contributed by atoms with Crippen molar-refractivity contribution in [2.75, 3.05) is 13.7 Å². The number of rotatable bonds is 12. The summed E-state index contributed by atoms with van der Waals surface area (Å²) < 4.78 is 14.9. The van der Waals surface area contributed by atoms with E-state index >= 15 is 0 Å². The Hall–Kier alpha value is -3.76. The lowest BCUT2D eigenvalue weighted by Gasteiger charge is -2.39. The van der Waals surface area contributed by atoms with Gasteiger partial charge in [-0.15, -0.1) is 0 Å². The van der Waals surface area contributed by atoms with Crippen LogP contribution in [0.5, 0.6) is 0 Å². The van der Waals surface area contributed by atoms with Crippen LogP contribution < -0.4 is 15.5 Å². The molecular formula is C35H49FN4O6. The Bertz CT molecular complexity index is 1410. The molecule has 0 spiro atoms. The number of hydrogen-bond donors (Lipinski definition) is 2. The van der Waals surface area contributed by atoms with E-state index in [9.17, 15) is 28.4 Å². The first kappa shape index (κ1) is 35.1. The Balaban J connectivity index is 1.65. The Kier molecular flexibility index (Phi) is 12.3. The van der Waals surface area contributed by atoms with Crippen LogP contribution in [0, 0.1) is 11.8 Å². The minimum Gasteiger partial charge on any atom is -0.417 e. The number of alkyl halides is 1. The molecule has 252 valence electrons. The first-order valence-corrected chi connectivity index (χ1v) is 16.8. The molecule has 2 fully saturated rings. The number of halogens is 1. The molecule has 0 bridgehead atoms. The molecule has 4 rings (SSSR count). The van der Waals surface area contributed by atoms with Gasteiger partial charge in [0.1, 0.15) is 19.2 Å². The van der Waals surface area contributed by atoms with Crippen molar-refractivity contribution in [3.05, 3.63) is 36.0 Å². The lowest BCUT2D eigenvalue weighted by molar-refractivity contribution is -0.147. The van der Waals surface area contributed by atoms with Crippen LogP contribution in [-0.2, 0) is 30.4 Å². The molecule has 2 saturated heterocycles. The smallest absolute Gasteiger partial charge is 0.246 e. The van der Waals surface area contributed by atoms with Crippen molar-refractivity contribution >= 4 is 40.2 Å². The van der Waals surface area contributed by atoms with E-state index in [4.69, 9.17) is 4.84 Å². The zero-order valence-corrected chi connectivity index (χ0v) is 27.6. The molecule has 46 heavy (non-hydrogen) atoms. The number of nitrogens with zero attached hydrogens (tertiary/aromatic N) is 2. The Morgan fingerprint density at radius 2 is 1.80 bits per heavy atom. The quantitative estimate of drug-likeness (QED) is 0.337. The second-order valence-electron chi connectivity index (χ2n) is 12.9. The van der Waals surface area contributed by atoms with Crippen molar-refractivity contribution in [1.29, 1.82) is 0 Å². The van der Waals surface area contributed by atoms with Gasteiger partial charge in [0.05, 0.1) is 11.6 Å². The van der Waals surface area contributed by atoms with E-state index < -0.39 is 47.8 Å². The third-order valence-corrected chi connectivity index (χ3v) is 9.69. The van der Waals surface area contributed by atoms with Gasteiger partial charge in [0.2, 0.25) is 17.7 Å². The average molecular weight is 641 g/mol. The summed E-state index contributed by atoms with van der Waals surface area (Å²) in [5.74, 6) is -2.62. The summed E-state index contributed by atoms with van der Waals surface area (Å²) in [5.41, 5.74) is 1.60. The van der Waals surface area contributed by atoms with Crippen molar-refractivity contribution in [3.63, 3.8) is 0 Å². The average Bonchev–Trinajstić information content (AvgIpc) is 3.41. The van der Waals surface area contributed by atoms with Gasteiger partial charge in [-0.3, -0.25) is 24.0 Å². The van der Waals surface area contributed by atoms with E-state index in [0.29, 0.717) is 45.1 Å². The van der Waals surface area contributed by atoms with Crippen LogP contribution in [0.4, 0.5) is 4.39 Å². The first-order chi connectivity index (χ1) is 22.0. The Labute approximate surface area is 270 Å². The summed E-state index contributed by atoms with van der Waals surface area (Å²) in [5, 5.41) is 6.80. The topological polar surface area (TPSA) is 127 Å². The van der Waals surface area contributed by atoms with Gasteiger partial charge in [-0.25, -0.2) is 4.39 Å². The van der Waals surface area contributed by atoms with Gasteiger partial charge in [0.15, 0.2) is 17.7 Å². The van der Waals surface area contributed by atoms with E-state index in [1.807, 2.05) is 38.1 Å². The number of fused-ring (bicyclic) bond motifs is 2. The summed E-state index contributed by atoms with van der Waals surface area (Å²) in [6.45, 7) is 5.52. The number of carbonyl (C=O) groups excluding carboxylic acids is 5. The van der Waals surface area contributed by atoms with Gasteiger partial charge < -0.3 is 20.4 Å². The highest BCUT2D eigenvalue weighted by Crippen LogP contribution is 2.27. The van der Waals surface area contributed by atoms with Crippen LogP contribution >= 0.6 is 0 Å². The van der Waals surface area contributed by atoms with E-state index in [1.54, 1.807) is 22.9 Å². The van der Waals surface area contributed by atoms with Crippen molar-refractivity contribution in [1.82, 2.24) is 20.3 Å². The van der Waals surface area contributed by atoms with Gasteiger partial charge in [0, 0.05) is 43.3 Å². The number of aromatic nitrogens is 1. The lowest BCUT2D eigenvalue weighted by Crippen LogP contribution is -2.61. The molecule has 10 nitrogen and oxygen atoms in total. The molecule has 2 N–H and O–H groups in total. The van der Waals surface area contributed by atoms with Gasteiger partial charge in [-0.1, -0.05) is 51.3 Å². The fourth-order valence-corrected chi connectivity index (χ4v) is 6.67. The number of carbonyl (C=O) groups is 5. The molecule has 1 aromatic heterocycles. The summed E-state index contributed by atoms with van der Waals surface area (Å²) in [6, 6.07) is 5.11. The molecule has 2 aliphatic heterocycles. The Morgan fingerprint density at radius 3 is 2.52 bits per heavy atom. The van der Waals surface area contributed by atoms with Crippen molar-refractivity contribution in [2.24, 2.45) is 11.8 Å². The maximum absolute atomic E-state index is 14.1. The lowest BCUT2D eigenvalue weighted by atomic mass is 9.87. The third-order valence-electron chi connectivity index (χ3n) is 9.69. The first-order valence-electron chi connectivity index (χ1n) is 16.8. The highest BCUT2D eigenvalue weighted by Gasteiger charge is 2.41. The Morgan fingerprint density at radius 1 is 1.04 bits per heavy atom. The van der Waals surface area contributed by atoms with Crippen molar-refractivity contribution in [3.8, 4) is 0 Å². The predicted molar refractivity (Wildman–Crippen MR) is 173 cm³/mol. The molecule has 0 radical (unpaired) electrons. The normalized spacial score (nSPS) is 24.3. The number of ketones is 2. The van der Waals surface area contributed by atoms with Gasteiger partial charge in [-0.05, 0) is 56.6 Å². The van der Waals surface area contributed by atoms with Crippen LogP contribution in [-0.4, -0.2) is 76.9 Å². The maximum atomic E-state index is 14.1. The predicted octanol–water partition coefficient (Wildman–Crippen LogP) is 4.11. The molecule has 11 heteroatoms. The third kappa shape index (κ3) is 8.33. The molecule has 6 atom stereocenters. The summed E-state index contributed by atoms with van der Waals surface area (Å²) >= 11 is 0. The molecule has 3 amide bonds. The second-order valence-corrected chi connectivity index (χ2v) is 12.9. The van der Waals surface area contributed by atoms with Crippen LogP contribution in [0.3, 0.4) is 0 Å². The van der Waals surface area contributed by atoms with Crippen LogP contribution in [0.25, 0.3) is 10.9 Å². The van der Waals surface area contributed by atoms with Gasteiger partial charge in [0.25, 0.3) is 0 Å². The number of amides is 3. The van der Waals surface area contributed by atoms with Crippen molar-refractivity contribution < 1.29 is 33.2 Å². The van der Waals surface area contributed by atoms with Gasteiger partial charge >= 0.3 is 0 Å². The molecule has 0 saturated carbocycles. The minimum absolute atomic E-state index is 0.0496. The number of benzene rings is 1. The van der Waals surface area contributed by atoms with E-state index in [1.165, 1.54) is 6.92 Å². The molecule has 1 aromatic carbocycles.